The smallest absolute Gasteiger partial charge is 0.359 e. The maximum atomic E-state index is 11.1. The molecular formula is C15H13ClN4O3S2. The summed E-state index contributed by atoms with van der Waals surface area (Å²) in [5.41, 5.74) is 0.745. The molecule has 10 heteroatoms. The number of nitrogens with zero attached hydrogens (tertiary/aromatic N) is 3. The summed E-state index contributed by atoms with van der Waals surface area (Å²) in [4.78, 5) is 15.6. The number of carbonyl (C=O) groups is 1. The molecule has 130 valence electrons. The first-order valence-corrected chi connectivity index (χ1v) is 9.25. The lowest BCUT2D eigenvalue weighted by molar-refractivity contribution is 0.0686. The third kappa shape index (κ3) is 4.12. The van der Waals surface area contributed by atoms with Gasteiger partial charge >= 0.3 is 5.97 Å². The first-order valence-electron chi connectivity index (χ1n) is 7.18. The second-order valence-corrected chi connectivity index (χ2v) is 7.46. The van der Waals surface area contributed by atoms with Crippen molar-refractivity contribution in [1.82, 2.24) is 20.4 Å². The largest absolute Gasteiger partial charge is 0.489 e. The van der Waals surface area contributed by atoms with E-state index in [1.807, 2.05) is 31.4 Å². The molecule has 2 heterocycles. The number of rotatable bonds is 6. The van der Waals surface area contributed by atoms with Crippen molar-refractivity contribution < 1.29 is 14.6 Å². The fraction of sp³-hybridized carbons (Fsp3) is 0.200. The van der Waals surface area contributed by atoms with Gasteiger partial charge in [0, 0.05) is 10.9 Å². The van der Waals surface area contributed by atoms with Gasteiger partial charge in [-0.05, 0) is 37.7 Å². The molecule has 3 aromatic rings. The first-order chi connectivity index (χ1) is 11.9. The van der Waals surface area contributed by atoms with E-state index in [1.54, 1.807) is 6.07 Å². The number of thiazole rings is 1. The normalized spacial score (nSPS) is 11.0. The molecule has 0 amide bonds. The van der Waals surface area contributed by atoms with Crippen molar-refractivity contribution in [2.24, 2.45) is 0 Å². The summed E-state index contributed by atoms with van der Waals surface area (Å²) in [5, 5.41) is 22.9. The van der Waals surface area contributed by atoms with Crippen LogP contribution in [0.2, 0.25) is 5.02 Å². The van der Waals surface area contributed by atoms with Gasteiger partial charge in [0.1, 0.15) is 15.8 Å². The van der Waals surface area contributed by atoms with Gasteiger partial charge in [-0.25, -0.2) is 9.78 Å². The second kappa shape index (κ2) is 7.42. The molecule has 0 aliphatic carbocycles. The Labute approximate surface area is 156 Å². The number of benzene rings is 1. The molecule has 0 atom stereocenters. The lowest BCUT2D eigenvalue weighted by atomic mass is 10.2. The molecule has 0 radical (unpaired) electrons. The van der Waals surface area contributed by atoms with Gasteiger partial charge in [-0.2, -0.15) is 5.21 Å². The van der Waals surface area contributed by atoms with E-state index in [1.165, 1.54) is 11.3 Å². The molecule has 7 nitrogen and oxygen atoms in total. The maximum Gasteiger partial charge on any atom is 0.359 e. The van der Waals surface area contributed by atoms with Gasteiger partial charge in [-0.3, -0.25) is 0 Å². The summed E-state index contributed by atoms with van der Waals surface area (Å²) in [6.07, 6.45) is 0.0109. The number of aromatic amines is 1. The Morgan fingerprint density at radius 2 is 2.20 bits per heavy atom. The van der Waals surface area contributed by atoms with Gasteiger partial charge in [0.05, 0.1) is 11.1 Å². The van der Waals surface area contributed by atoms with Crippen LogP contribution in [0.3, 0.4) is 0 Å². The van der Waals surface area contributed by atoms with Crippen molar-refractivity contribution >= 4 is 40.7 Å². The number of carboxylic acids is 1. The highest BCUT2D eigenvalue weighted by Crippen LogP contribution is 2.36. The SMILES string of the molecule is CC(C)Oc1cc(-c2nc(Sc3n[nH]nc3C(=O)O)cs2)ccc1Cl. The number of ether oxygens (including phenoxy) is 1. The molecule has 25 heavy (non-hydrogen) atoms. The van der Waals surface area contributed by atoms with Crippen molar-refractivity contribution in [2.45, 2.75) is 30.0 Å². The maximum absolute atomic E-state index is 11.1. The zero-order chi connectivity index (χ0) is 18.0. The molecule has 2 N–H and O–H groups in total. The molecule has 0 saturated carbocycles. The average Bonchev–Trinajstić information content (AvgIpc) is 3.19. The molecular weight excluding hydrogens is 384 g/mol. The van der Waals surface area contributed by atoms with Crippen LogP contribution >= 0.6 is 34.7 Å². The summed E-state index contributed by atoms with van der Waals surface area (Å²) in [6, 6.07) is 5.47. The minimum Gasteiger partial charge on any atom is -0.489 e. The van der Waals surface area contributed by atoms with Gasteiger partial charge in [-0.15, -0.1) is 21.5 Å². The van der Waals surface area contributed by atoms with Crippen LogP contribution in [0, 0.1) is 0 Å². The number of nitrogens with one attached hydrogen (secondary N) is 1. The summed E-state index contributed by atoms with van der Waals surface area (Å²) in [7, 11) is 0. The highest BCUT2D eigenvalue weighted by molar-refractivity contribution is 7.99. The Balaban J connectivity index is 1.84. The van der Waals surface area contributed by atoms with Crippen molar-refractivity contribution in [3.8, 4) is 16.3 Å². The monoisotopic (exact) mass is 396 g/mol. The summed E-state index contributed by atoms with van der Waals surface area (Å²) in [6.45, 7) is 3.86. The Hall–Kier alpha value is -2.10. The van der Waals surface area contributed by atoms with Crippen molar-refractivity contribution in [3.05, 3.63) is 34.3 Å². The van der Waals surface area contributed by atoms with E-state index in [-0.39, 0.29) is 16.8 Å². The fourth-order valence-corrected chi connectivity index (χ4v) is 3.84. The van der Waals surface area contributed by atoms with Crippen LogP contribution < -0.4 is 4.74 Å². The van der Waals surface area contributed by atoms with Crippen molar-refractivity contribution in [1.29, 1.82) is 0 Å². The highest BCUT2D eigenvalue weighted by Gasteiger charge is 2.18. The van der Waals surface area contributed by atoms with E-state index < -0.39 is 5.97 Å². The second-order valence-electron chi connectivity index (χ2n) is 5.19. The Kier molecular flexibility index (Phi) is 5.26. The molecule has 0 bridgehead atoms. The number of aromatic nitrogens is 4. The predicted molar refractivity (Wildman–Crippen MR) is 95.8 cm³/mol. The van der Waals surface area contributed by atoms with Crippen LogP contribution in [0.4, 0.5) is 0 Å². The van der Waals surface area contributed by atoms with Gasteiger partial charge < -0.3 is 9.84 Å². The quantitative estimate of drug-likeness (QED) is 0.643. The van der Waals surface area contributed by atoms with E-state index in [0.717, 1.165) is 22.3 Å². The van der Waals surface area contributed by atoms with Gasteiger partial charge in [0.15, 0.2) is 5.03 Å². The number of halogens is 1. The summed E-state index contributed by atoms with van der Waals surface area (Å²) < 4.78 is 5.69. The zero-order valence-electron chi connectivity index (χ0n) is 13.2. The van der Waals surface area contributed by atoms with Crippen molar-refractivity contribution in [2.75, 3.05) is 0 Å². The van der Waals surface area contributed by atoms with E-state index in [9.17, 15) is 4.79 Å². The summed E-state index contributed by atoms with van der Waals surface area (Å²) in [5.74, 6) is -0.539. The van der Waals surface area contributed by atoms with Gasteiger partial charge in [-0.1, -0.05) is 17.7 Å². The van der Waals surface area contributed by atoms with E-state index in [4.69, 9.17) is 21.4 Å². The van der Waals surface area contributed by atoms with Crippen LogP contribution in [-0.2, 0) is 0 Å². The lowest BCUT2D eigenvalue weighted by Crippen LogP contribution is -2.05. The van der Waals surface area contributed by atoms with Crippen LogP contribution in [-0.4, -0.2) is 37.6 Å². The molecule has 0 saturated heterocycles. The van der Waals surface area contributed by atoms with E-state index in [2.05, 4.69) is 20.4 Å². The van der Waals surface area contributed by atoms with E-state index in [0.29, 0.717) is 15.8 Å². The number of carboxylic acid groups (broad SMARTS) is 1. The minimum absolute atomic E-state index is 0.0109. The third-order valence-electron chi connectivity index (χ3n) is 2.94. The fourth-order valence-electron chi connectivity index (χ4n) is 1.95. The van der Waals surface area contributed by atoms with Gasteiger partial charge in [0.25, 0.3) is 0 Å². The van der Waals surface area contributed by atoms with Crippen LogP contribution in [0.15, 0.2) is 33.6 Å². The number of aromatic carboxylic acids is 1. The molecule has 0 spiro atoms. The Morgan fingerprint density at radius 3 is 2.92 bits per heavy atom. The number of hydrogen-bond acceptors (Lipinski definition) is 7. The third-order valence-corrected chi connectivity index (χ3v) is 5.19. The number of H-pyrrole nitrogens is 1. The van der Waals surface area contributed by atoms with Crippen LogP contribution in [0.1, 0.15) is 24.3 Å². The Morgan fingerprint density at radius 1 is 1.40 bits per heavy atom. The zero-order valence-corrected chi connectivity index (χ0v) is 15.6. The molecule has 1 aromatic carbocycles. The molecule has 0 fully saturated rings. The summed E-state index contributed by atoms with van der Waals surface area (Å²) >= 11 is 8.73. The van der Waals surface area contributed by atoms with Crippen molar-refractivity contribution in [3.63, 3.8) is 0 Å². The van der Waals surface area contributed by atoms with Gasteiger partial charge in [0.2, 0.25) is 5.69 Å². The molecule has 0 unspecified atom stereocenters. The minimum atomic E-state index is -1.14. The molecule has 0 aliphatic rings. The number of hydrogen-bond donors (Lipinski definition) is 2. The Bertz CT molecular complexity index is 910. The highest BCUT2D eigenvalue weighted by atomic mass is 35.5. The van der Waals surface area contributed by atoms with Crippen LogP contribution in [0.5, 0.6) is 5.75 Å². The predicted octanol–water partition coefficient (Wildman–Crippen LogP) is 4.22. The average molecular weight is 397 g/mol. The lowest BCUT2D eigenvalue weighted by Gasteiger charge is -2.12. The standard InChI is InChI=1S/C15H13ClN4O3S2/c1-7(2)23-10-5-8(3-4-9(10)16)13-17-11(6-24-13)25-14-12(15(21)22)18-20-19-14/h3-7H,1-2H3,(H,21,22)(H,18,19,20). The first kappa shape index (κ1) is 17.7. The molecule has 3 rings (SSSR count). The molecule has 0 aliphatic heterocycles. The topological polar surface area (TPSA) is 101 Å². The van der Waals surface area contributed by atoms with E-state index >= 15 is 0 Å². The molecule has 2 aromatic heterocycles. The van der Waals surface area contributed by atoms with Crippen LogP contribution in [0.25, 0.3) is 10.6 Å².